The van der Waals surface area contributed by atoms with Crippen molar-refractivity contribution < 1.29 is 16.8 Å². The second-order valence-electron chi connectivity index (χ2n) is 5.46. The number of sulfone groups is 2. The Morgan fingerprint density at radius 2 is 1.91 bits per heavy atom. The normalized spacial score (nSPS) is 24.2. The lowest BCUT2D eigenvalue weighted by Crippen LogP contribution is -2.43. The van der Waals surface area contributed by atoms with E-state index in [0.29, 0.717) is 6.54 Å². The first kappa shape index (κ1) is 17.2. The molecule has 1 fully saturated rings. The third-order valence-electron chi connectivity index (χ3n) is 3.88. The molecule has 0 aromatic heterocycles. The van der Waals surface area contributed by atoms with E-state index in [1.54, 1.807) is 30.3 Å². The third kappa shape index (κ3) is 3.59. The lowest BCUT2D eigenvalue weighted by Gasteiger charge is -2.19. The van der Waals surface area contributed by atoms with Crippen molar-refractivity contribution in [2.75, 3.05) is 18.1 Å². The van der Waals surface area contributed by atoms with Gasteiger partial charge in [0.2, 0.25) is 0 Å². The lowest BCUT2D eigenvalue weighted by atomic mass is 10.2. The smallest absolute Gasteiger partial charge is 0.183 e. The van der Waals surface area contributed by atoms with Crippen LogP contribution < -0.4 is 5.32 Å². The average molecular weight is 343 g/mol. The number of benzene rings is 1. The minimum atomic E-state index is -3.69. The van der Waals surface area contributed by atoms with E-state index >= 15 is 0 Å². The second-order valence-corrected chi connectivity index (χ2v) is 9.78. The minimum Gasteiger partial charge on any atom is -0.308 e. The fourth-order valence-corrected chi connectivity index (χ4v) is 7.35. The number of hydrogen-bond acceptors (Lipinski definition) is 5. The molecule has 1 aromatic rings. The highest BCUT2D eigenvalue weighted by molar-refractivity contribution is 7.96. The first-order valence-corrected chi connectivity index (χ1v) is 10.5. The minimum absolute atomic E-state index is 0.155. The summed E-state index contributed by atoms with van der Waals surface area (Å²) in [6.07, 6.45) is 2.41. The van der Waals surface area contributed by atoms with Crippen molar-refractivity contribution in [3.05, 3.63) is 42.5 Å². The van der Waals surface area contributed by atoms with E-state index in [0.717, 1.165) is 12.0 Å². The zero-order chi connectivity index (χ0) is 16.4. The number of aryl methyl sites for hydroxylation is 1. The van der Waals surface area contributed by atoms with Crippen molar-refractivity contribution in [3.63, 3.8) is 0 Å². The van der Waals surface area contributed by atoms with Gasteiger partial charge < -0.3 is 5.32 Å². The average Bonchev–Trinajstić information content (AvgIpc) is 2.81. The summed E-state index contributed by atoms with van der Waals surface area (Å²) in [5, 5.41) is 2.01. The van der Waals surface area contributed by atoms with Gasteiger partial charge in [-0.25, -0.2) is 16.8 Å². The maximum Gasteiger partial charge on any atom is 0.183 e. The van der Waals surface area contributed by atoms with E-state index in [1.807, 2.05) is 6.92 Å². The summed E-state index contributed by atoms with van der Waals surface area (Å²) < 4.78 is 49.3. The van der Waals surface area contributed by atoms with Crippen molar-refractivity contribution in [2.24, 2.45) is 0 Å². The van der Waals surface area contributed by atoms with Crippen LogP contribution in [0.25, 0.3) is 0 Å². The van der Waals surface area contributed by atoms with Gasteiger partial charge in [-0.05, 0) is 24.1 Å². The largest absolute Gasteiger partial charge is 0.308 e. The van der Waals surface area contributed by atoms with Gasteiger partial charge in [-0.2, -0.15) is 0 Å². The Kier molecular flexibility index (Phi) is 5.09. The Balaban J connectivity index is 2.34. The molecule has 22 heavy (non-hydrogen) atoms. The van der Waals surface area contributed by atoms with Crippen LogP contribution in [0, 0.1) is 0 Å². The number of nitrogens with one attached hydrogen (secondary N) is 1. The second kappa shape index (κ2) is 6.52. The van der Waals surface area contributed by atoms with Crippen LogP contribution in [0.2, 0.25) is 0 Å². The van der Waals surface area contributed by atoms with E-state index in [-0.39, 0.29) is 16.4 Å². The van der Waals surface area contributed by atoms with E-state index in [2.05, 4.69) is 11.9 Å². The van der Waals surface area contributed by atoms with Crippen LogP contribution in [0.15, 0.2) is 41.8 Å². The molecule has 1 N–H and O–H groups in total. The molecule has 2 atom stereocenters. The monoisotopic (exact) mass is 343 g/mol. The molecule has 7 heteroatoms. The molecule has 122 valence electrons. The predicted molar refractivity (Wildman–Crippen MR) is 87.4 cm³/mol. The van der Waals surface area contributed by atoms with Crippen LogP contribution in [-0.4, -0.2) is 46.2 Å². The first-order chi connectivity index (χ1) is 10.3. The molecular weight excluding hydrogens is 322 g/mol. The molecule has 1 heterocycles. The molecule has 2 rings (SSSR count). The summed E-state index contributed by atoms with van der Waals surface area (Å²) in [5.74, 6) is -0.489. The summed E-state index contributed by atoms with van der Waals surface area (Å²) >= 11 is 0. The van der Waals surface area contributed by atoms with Crippen molar-refractivity contribution >= 4 is 19.7 Å². The van der Waals surface area contributed by atoms with Crippen molar-refractivity contribution in [1.29, 1.82) is 0 Å². The molecule has 0 amide bonds. The Labute approximate surface area is 132 Å². The van der Waals surface area contributed by atoms with E-state index in [9.17, 15) is 16.8 Å². The van der Waals surface area contributed by atoms with Gasteiger partial charge >= 0.3 is 0 Å². The molecule has 1 aliphatic rings. The molecule has 0 bridgehead atoms. The Bertz CT molecular complexity index is 736. The quantitative estimate of drug-likeness (QED) is 0.778. The molecule has 0 spiro atoms. The van der Waals surface area contributed by atoms with E-state index < -0.39 is 31.0 Å². The van der Waals surface area contributed by atoms with Gasteiger partial charge in [0.15, 0.2) is 19.7 Å². The number of rotatable bonds is 6. The Morgan fingerprint density at radius 1 is 1.27 bits per heavy atom. The molecule has 0 aliphatic carbocycles. The first-order valence-electron chi connectivity index (χ1n) is 7.17. The zero-order valence-corrected chi connectivity index (χ0v) is 14.2. The van der Waals surface area contributed by atoms with Crippen molar-refractivity contribution in [1.82, 2.24) is 5.32 Å². The topological polar surface area (TPSA) is 80.3 Å². The number of hydrogen-bond donors (Lipinski definition) is 1. The molecule has 0 saturated carbocycles. The molecule has 1 aliphatic heterocycles. The van der Waals surface area contributed by atoms with Crippen LogP contribution >= 0.6 is 0 Å². The van der Waals surface area contributed by atoms with Crippen LogP contribution in [0.3, 0.4) is 0 Å². The molecule has 0 radical (unpaired) electrons. The molecule has 5 nitrogen and oxygen atoms in total. The van der Waals surface area contributed by atoms with E-state index in [1.165, 1.54) is 0 Å². The summed E-state index contributed by atoms with van der Waals surface area (Å²) in [6.45, 7) is 5.93. The molecule has 1 aromatic carbocycles. The van der Waals surface area contributed by atoms with Gasteiger partial charge in [0.25, 0.3) is 0 Å². The van der Waals surface area contributed by atoms with Crippen molar-refractivity contribution in [2.45, 2.75) is 29.5 Å². The van der Waals surface area contributed by atoms with Crippen molar-refractivity contribution in [3.8, 4) is 0 Å². The maximum absolute atomic E-state index is 12.8. The van der Waals surface area contributed by atoms with Gasteiger partial charge in [-0.1, -0.05) is 25.1 Å². The lowest BCUT2D eigenvalue weighted by molar-refractivity contribution is 0.544. The van der Waals surface area contributed by atoms with Crippen LogP contribution in [0.4, 0.5) is 0 Å². The Hall–Kier alpha value is -1.18. The van der Waals surface area contributed by atoms with Gasteiger partial charge in [0.1, 0.15) is 0 Å². The molecule has 0 unspecified atom stereocenters. The fourth-order valence-electron chi connectivity index (χ4n) is 2.64. The molecular formula is C15H21NO4S2. The Morgan fingerprint density at radius 3 is 2.45 bits per heavy atom. The summed E-state index contributed by atoms with van der Waals surface area (Å²) in [5.41, 5.74) is 1.04. The van der Waals surface area contributed by atoms with Crippen LogP contribution in [0.1, 0.15) is 12.5 Å². The summed E-state index contributed by atoms with van der Waals surface area (Å²) in [4.78, 5) is 0.178. The zero-order valence-electron chi connectivity index (χ0n) is 12.5. The highest BCUT2D eigenvalue weighted by Gasteiger charge is 2.45. The predicted octanol–water partition coefficient (Wildman–Crippen LogP) is 0.964. The molecule has 1 saturated heterocycles. The highest BCUT2D eigenvalue weighted by atomic mass is 32.2. The van der Waals surface area contributed by atoms with Gasteiger partial charge in [-0.15, -0.1) is 6.58 Å². The van der Waals surface area contributed by atoms with Crippen LogP contribution in [0.5, 0.6) is 0 Å². The van der Waals surface area contributed by atoms with Crippen LogP contribution in [-0.2, 0) is 26.1 Å². The van der Waals surface area contributed by atoms with Gasteiger partial charge in [0, 0.05) is 12.6 Å². The highest BCUT2D eigenvalue weighted by Crippen LogP contribution is 2.26. The standard InChI is InChI=1S/C15H21NO4S2/c1-3-9-16-14-10-21(17,18)11-15(14)22(19,20)13-7-5-12(4-2)6-8-13/h3,5-8,14-16H,1,4,9-11H2,2H3/t14-,15-/m0/s1. The fraction of sp³-hybridized carbons (Fsp3) is 0.467. The summed E-state index contributed by atoms with van der Waals surface area (Å²) in [7, 11) is -7.05. The van der Waals surface area contributed by atoms with E-state index in [4.69, 9.17) is 0 Å². The van der Waals surface area contributed by atoms with Gasteiger partial charge in [0.05, 0.1) is 21.7 Å². The van der Waals surface area contributed by atoms with Gasteiger partial charge in [-0.3, -0.25) is 0 Å². The maximum atomic E-state index is 12.8. The SMILES string of the molecule is C=CCN[C@H]1CS(=O)(=O)C[C@@H]1S(=O)(=O)c1ccc(CC)cc1. The summed E-state index contributed by atoms with van der Waals surface area (Å²) in [6, 6.07) is 6.05. The third-order valence-corrected chi connectivity index (χ3v) is 8.05.